The van der Waals surface area contributed by atoms with E-state index in [2.05, 4.69) is 37.6 Å². The molecule has 0 saturated carbocycles. The van der Waals surface area contributed by atoms with Crippen LogP contribution in [0.2, 0.25) is 0 Å². The molecule has 1 aliphatic heterocycles. The Hall–Kier alpha value is -3.29. The lowest BCUT2D eigenvalue weighted by molar-refractivity contribution is 0.0937. The lowest BCUT2D eigenvalue weighted by Gasteiger charge is -2.32. The quantitative estimate of drug-likeness (QED) is 0.719. The number of nitrogens with zero attached hydrogens (tertiary/aromatic N) is 6. The van der Waals surface area contributed by atoms with E-state index >= 15 is 0 Å². The first-order chi connectivity index (χ1) is 14.1. The molecule has 150 valence electrons. The number of para-hydroxylation sites is 1. The predicted molar refractivity (Wildman–Crippen MR) is 110 cm³/mol. The van der Waals surface area contributed by atoms with Crippen molar-refractivity contribution in [1.82, 2.24) is 30.5 Å². The Bertz CT molecular complexity index is 972. The van der Waals surface area contributed by atoms with Crippen molar-refractivity contribution in [3.63, 3.8) is 0 Å². The van der Waals surface area contributed by atoms with E-state index in [-0.39, 0.29) is 11.9 Å². The van der Waals surface area contributed by atoms with E-state index in [1.807, 2.05) is 43.3 Å². The van der Waals surface area contributed by atoms with Gasteiger partial charge >= 0.3 is 0 Å². The fourth-order valence-corrected chi connectivity index (χ4v) is 3.69. The summed E-state index contributed by atoms with van der Waals surface area (Å²) in [6, 6.07) is 12.9. The topological polar surface area (TPSA) is 88.8 Å². The maximum absolute atomic E-state index is 12.9. The Morgan fingerprint density at radius 2 is 2.07 bits per heavy atom. The molecule has 0 unspecified atom stereocenters. The highest BCUT2D eigenvalue weighted by Crippen LogP contribution is 2.22. The Morgan fingerprint density at radius 1 is 1.24 bits per heavy atom. The summed E-state index contributed by atoms with van der Waals surface area (Å²) in [5, 5.41) is 14.9. The second kappa shape index (κ2) is 8.38. The zero-order valence-corrected chi connectivity index (χ0v) is 16.7. The molecule has 3 heterocycles. The van der Waals surface area contributed by atoms with Gasteiger partial charge in [-0.3, -0.25) is 4.79 Å². The molecular formula is C21H25N7O. The molecule has 0 aliphatic carbocycles. The van der Waals surface area contributed by atoms with Gasteiger partial charge in [0, 0.05) is 24.8 Å². The summed E-state index contributed by atoms with van der Waals surface area (Å²) in [4.78, 5) is 19.6. The van der Waals surface area contributed by atoms with E-state index in [1.165, 1.54) is 6.42 Å². The fraction of sp³-hybridized carbons (Fsp3) is 0.381. The van der Waals surface area contributed by atoms with Gasteiger partial charge in [-0.2, -0.15) is 4.68 Å². The molecule has 0 bridgehead atoms. The van der Waals surface area contributed by atoms with Crippen LogP contribution in [0.4, 0.5) is 5.82 Å². The number of pyridine rings is 1. The second-order valence-electron chi connectivity index (χ2n) is 7.58. The highest BCUT2D eigenvalue weighted by atomic mass is 16.1. The molecule has 1 aliphatic rings. The highest BCUT2D eigenvalue weighted by Gasteiger charge is 2.21. The molecule has 1 amide bonds. The molecule has 3 aromatic rings. The molecule has 1 N–H and O–H groups in total. The molecule has 1 aromatic carbocycles. The van der Waals surface area contributed by atoms with E-state index in [4.69, 9.17) is 0 Å². The number of carbonyl (C=O) groups is 1. The first-order valence-corrected chi connectivity index (χ1v) is 9.97. The van der Waals surface area contributed by atoms with Gasteiger partial charge in [0.25, 0.3) is 5.91 Å². The molecule has 1 saturated heterocycles. The number of tetrazole rings is 1. The molecule has 2 atom stereocenters. The minimum atomic E-state index is -0.357. The summed E-state index contributed by atoms with van der Waals surface area (Å²) in [6.07, 6.45) is 4.09. The molecule has 0 spiro atoms. The molecule has 8 heteroatoms. The number of benzene rings is 1. The summed E-state index contributed by atoms with van der Waals surface area (Å²) < 4.78 is 1.64. The van der Waals surface area contributed by atoms with E-state index < -0.39 is 0 Å². The number of piperidine rings is 1. The van der Waals surface area contributed by atoms with Crippen LogP contribution in [0.25, 0.3) is 5.69 Å². The molecular weight excluding hydrogens is 366 g/mol. The third-order valence-corrected chi connectivity index (χ3v) is 5.22. The Balaban J connectivity index is 1.49. The van der Waals surface area contributed by atoms with Crippen LogP contribution >= 0.6 is 0 Å². The van der Waals surface area contributed by atoms with Crippen LogP contribution in [-0.4, -0.2) is 44.2 Å². The summed E-state index contributed by atoms with van der Waals surface area (Å²) in [6.45, 7) is 6.07. The van der Waals surface area contributed by atoms with Gasteiger partial charge in [-0.15, -0.1) is 5.10 Å². The van der Waals surface area contributed by atoms with Crippen molar-refractivity contribution in [2.45, 2.75) is 32.7 Å². The highest BCUT2D eigenvalue weighted by molar-refractivity contribution is 5.95. The van der Waals surface area contributed by atoms with Crippen molar-refractivity contribution in [2.24, 2.45) is 5.92 Å². The van der Waals surface area contributed by atoms with Gasteiger partial charge in [0.2, 0.25) is 0 Å². The number of amides is 1. The van der Waals surface area contributed by atoms with Gasteiger partial charge in [0.15, 0.2) is 5.82 Å². The third kappa shape index (κ3) is 4.26. The van der Waals surface area contributed by atoms with Gasteiger partial charge in [-0.25, -0.2) is 4.98 Å². The summed E-state index contributed by atoms with van der Waals surface area (Å²) in [5.41, 5.74) is 1.43. The van der Waals surface area contributed by atoms with E-state index in [1.54, 1.807) is 16.9 Å². The molecule has 1 fully saturated rings. The number of hydrogen-bond acceptors (Lipinski definition) is 6. The number of anilines is 1. The van der Waals surface area contributed by atoms with Gasteiger partial charge in [-0.1, -0.05) is 25.1 Å². The molecule has 0 radical (unpaired) electrons. The number of aromatic nitrogens is 5. The van der Waals surface area contributed by atoms with Crippen molar-refractivity contribution in [3.8, 4) is 5.69 Å². The Morgan fingerprint density at radius 3 is 2.86 bits per heavy atom. The standard InChI is InChI=1S/C21H25N7O/c1-15-7-6-12-27(14-15)19-13-17(10-11-22-19)21(29)23-16(2)20-24-25-26-28(20)18-8-4-3-5-9-18/h3-5,8-11,13,15-16H,6-7,12,14H2,1-2H3,(H,23,29)/t15-,16-/m0/s1. The first kappa shape index (κ1) is 19.0. The number of carbonyl (C=O) groups excluding carboxylic acids is 1. The zero-order chi connectivity index (χ0) is 20.2. The molecule has 8 nitrogen and oxygen atoms in total. The average Bonchev–Trinajstić information content (AvgIpc) is 3.24. The SMILES string of the molecule is C[C@H]1CCCN(c2cc(C(=O)N[C@@H](C)c3nnnn3-c3ccccc3)ccn2)C1. The maximum Gasteiger partial charge on any atom is 0.252 e. The third-order valence-electron chi connectivity index (χ3n) is 5.22. The zero-order valence-electron chi connectivity index (χ0n) is 16.7. The lowest BCUT2D eigenvalue weighted by atomic mass is 10.0. The van der Waals surface area contributed by atoms with Crippen LogP contribution in [0.5, 0.6) is 0 Å². The molecule has 2 aromatic heterocycles. The maximum atomic E-state index is 12.9. The number of rotatable bonds is 5. The minimum Gasteiger partial charge on any atom is -0.356 e. The van der Waals surface area contributed by atoms with Crippen LogP contribution in [-0.2, 0) is 0 Å². The Kier molecular flexibility index (Phi) is 5.50. The number of hydrogen-bond donors (Lipinski definition) is 1. The van der Waals surface area contributed by atoms with Gasteiger partial charge in [0.05, 0.1) is 11.7 Å². The van der Waals surface area contributed by atoms with Crippen LogP contribution in [0.15, 0.2) is 48.7 Å². The predicted octanol–water partition coefficient (Wildman–Crippen LogP) is 2.78. The van der Waals surface area contributed by atoms with Gasteiger partial charge in [-0.05, 0) is 60.4 Å². The van der Waals surface area contributed by atoms with Crippen LogP contribution < -0.4 is 10.2 Å². The lowest BCUT2D eigenvalue weighted by Crippen LogP contribution is -2.35. The van der Waals surface area contributed by atoms with Crippen molar-refractivity contribution in [3.05, 3.63) is 60.0 Å². The van der Waals surface area contributed by atoms with Crippen LogP contribution in [0.1, 0.15) is 48.9 Å². The largest absolute Gasteiger partial charge is 0.356 e. The summed E-state index contributed by atoms with van der Waals surface area (Å²) in [5.74, 6) is 1.89. The van der Waals surface area contributed by atoms with Crippen molar-refractivity contribution in [2.75, 3.05) is 18.0 Å². The van der Waals surface area contributed by atoms with Crippen LogP contribution in [0, 0.1) is 5.92 Å². The smallest absolute Gasteiger partial charge is 0.252 e. The van der Waals surface area contributed by atoms with E-state index in [0.29, 0.717) is 17.3 Å². The normalized spacial score (nSPS) is 17.7. The van der Waals surface area contributed by atoms with Gasteiger partial charge < -0.3 is 10.2 Å². The van der Waals surface area contributed by atoms with Gasteiger partial charge in [0.1, 0.15) is 5.82 Å². The van der Waals surface area contributed by atoms with E-state index in [0.717, 1.165) is 31.0 Å². The summed E-state index contributed by atoms with van der Waals surface area (Å²) >= 11 is 0. The Labute approximate surface area is 169 Å². The first-order valence-electron chi connectivity index (χ1n) is 9.97. The average molecular weight is 391 g/mol. The molecule has 29 heavy (non-hydrogen) atoms. The monoisotopic (exact) mass is 391 g/mol. The fourth-order valence-electron chi connectivity index (χ4n) is 3.69. The molecule has 4 rings (SSSR count). The van der Waals surface area contributed by atoms with E-state index in [9.17, 15) is 4.79 Å². The number of nitrogens with one attached hydrogen (secondary N) is 1. The minimum absolute atomic E-state index is 0.172. The summed E-state index contributed by atoms with van der Waals surface area (Å²) in [7, 11) is 0. The van der Waals surface area contributed by atoms with Crippen molar-refractivity contribution >= 4 is 11.7 Å². The second-order valence-corrected chi connectivity index (χ2v) is 7.58. The van der Waals surface area contributed by atoms with Crippen LogP contribution in [0.3, 0.4) is 0 Å². The van der Waals surface area contributed by atoms with Crippen molar-refractivity contribution < 1.29 is 4.79 Å². The van der Waals surface area contributed by atoms with Crippen molar-refractivity contribution in [1.29, 1.82) is 0 Å².